The van der Waals surface area contributed by atoms with E-state index >= 15 is 0 Å². The van der Waals surface area contributed by atoms with Crippen molar-refractivity contribution in [2.75, 3.05) is 0 Å². The molecule has 0 fully saturated rings. The number of para-hydroxylation sites is 2. The molecule has 0 amide bonds. The Hall–Kier alpha value is -6.85. The normalized spacial score (nSPS) is 11.6. The first-order valence-electron chi connectivity index (χ1n) is 16.6. The summed E-state index contributed by atoms with van der Waals surface area (Å²) in [5.41, 5.74) is 10.4. The zero-order valence-electron chi connectivity index (χ0n) is 26.7. The van der Waals surface area contributed by atoms with Crippen molar-refractivity contribution in [1.29, 1.82) is 0 Å². The molecule has 50 heavy (non-hydrogen) atoms. The van der Waals surface area contributed by atoms with Gasteiger partial charge < -0.3 is 8.83 Å². The van der Waals surface area contributed by atoms with Gasteiger partial charge in [-0.25, -0.2) is 15.0 Å². The fourth-order valence-corrected chi connectivity index (χ4v) is 6.97. The third kappa shape index (κ3) is 4.67. The highest BCUT2D eigenvalue weighted by molar-refractivity contribution is 6.12. The second-order valence-corrected chi connectivity index (χ2v) is 12.4. The van der Waals surface area contributed by atoms with Gasteiger partial charge in [-0.2, -0.15) is 0 Å². The van der Waals surface area contributed by atoms with Crippen molar-refractivity contribution in [2.45, 2.75) is 0 Å². The molecule has 0 saturated heterocycles. The Morgan fingerprint density at radius 2 is 0.900 bits per heavy atom. The summed E-state index contributed by atoms with van der Waals surface area (Å²) < 4.78 is 12.7. The molecule has 0 saturated carbocycles. The summed E-state index contributed by atoms with van der Waals surface area (Å²) in [6.07, 6.45) is 0. The molecule has 10 aromatic rings. The van der Waals surface area contributed by atoms with E-state index in [9.17, 15) is 0 Å². The molecule has 5 nitrogen and oxygen atoms in total. The van der Waals surface area contributed by atoms with Crippen molar-refractivity contribution in [3.63, 3.8) is 0 Å². The summed E-state index contributed by atoms with van der Waals surface area (Å²) in [5, 5.41) is 4.05. The summed E-state index contributed by atoms with van der Waals surface area (Å²) in [7, 11) is 0. The predicted octanol–water partition coefficient (Wildman–Crippen LogP) is 12.0. The lowest BCUT2D eigenvalue weighted by molar-refractivity contribution is 0.669. The van der Waals surface area contributed by atoms with Crippen LogP contribution in [0.3, 0.4) is 0 Å². The molecule has 0 bridgehead atoms. The van der Waals surface area contributed by atoms with E-state index in [1.54, 1.807) is 0 Å². The maximum absolute atomic E-state index is 6.49. The minimum absolute atomic E-state index is 0.579. The van der Waals surface area contributed by atoms with Crippen molar-refractivity contribution in [3.8, 4) is 56.4 Å². The van der Waals surface area contributed by atoms with E-state index in [1.165, 1.54) is 0 Å². The molecular formula is C45H27N3O2. The maximum Gasteiger partial charge on any atom is 0.164 e. The highest BCUT2D eigenvalue weighted by Crippen LogP contribution is 2.39. The molecule has 0 spiro atoms. The van der Waals surface area contributed by atoms with Gasteiger partial charge in [0.25, 0.3) is 0 Å². The van der Waals surface area contributed by atoms with Gasteiger partial charge in [0.2, 0.25) is 0 Å². The van der Waals surface area contributed by atoms with Crippen molar-refractivity contribution < 1.29 is 8.83 Å². The minimum Gasteiger partial charge on any atom is -0.456 e. The second-order valence-electron chi connectivity index (χ2n) is 12.4. The van der Waals surface area contributed by atoms with Crippen molar-refractivity contribution in [3.05, 3.63) is 164 Å². The van der Waals surface area contributed by atoms with Gasteiger partial charge >= 0.3 is 0 Å². The molecule has 5 heteroatoms. The fraction of sp³-hybridized carbons (Fsp3) is 0. The van der Waals surface area contributed by atoms with Crippen LogP contribution in [0.2, 0.25) is 0 Å². The zero-order chi connectivity index (χ0) is 33.0. The smallest absolute Gasteiger partial charge is 0.164 e. The highest BCUT2D eigenvalue weighted by atomic mass is 16.3. The third-order valence-electron chi connectivity index (χ3n) is 9.35. The number of furan rings is 2. The molecule has 3 heterocycles. The molecule has 0 aliphatic carbocycles. The van der Waals surface area contributed by atoms with E-state index in [0.717, 1.165) is 82.8 Å². The van der Waals surface area contributed by atoms with Crippen LogP contribution < -0.4 is 0 Å². The Bertz CT molecular complexity index is 2870. The van der Waals surface area contributed by atoms with Gasteiger partial charge in [-0.3, -0.25) is 0 Å². The summed E-state index contributed by atoms with van der Waals surface area (Å²) in [6.45, 7) is 0. The first-order chi connectivity index (χ1) is 24.8. The van der Waals surface area contributed by atoms with Crippen molar-refractivity contribution in [2.24, 2.45) is 0 Å². The molecular weight excluding hydrogens is 615 g/mol. The Kier molecular flexibility index (Phi) is 6.42. The lowest BCUT2D eigenvalue weighted by atomic mass is 10.0. The highest BCUT2D eigenvalue weighted by Gasteiger charge is 2.19. The van der Waals surface area contributed by atoms with E-state index in [-0.39, 0.29) is 0 Å². The Morgan fingerprint density at radius 3 is 1.74 bits per heavy atom. The number of benzene rings is 7. The molecule has 0 aliphatic heterocycles. The van der Waals surface area contributed by atoms with Gasteiger partial charge in [0, 0.05) is 43.8 Å². The molecule has 0 aliphatic rings. The summed E-state index contributed by atoms with van der Waals surface area (Å²) in [5.74, 6) is 1.75. The first kappa shape index (κ1) is 28.2. The van der Waals surface area contributed by atoms with Gasteiger partial charge in [-0.05, 0) is 53.1 Å². The number of aromatic nitrogens is 3. The Balaban J connectivity index is 1.19. The number of rotatable bonds is 5. The minimum atomic E-state index is 0.579. The van der Waals surface area contributed by atoms with Crippen LogP contribution in [0.1, 0.15) is 0 Å². The maximum atomic E-state index is 6.49. The molecule has 10 rings (SSSR count). The van der Waals surface area contributed by atoms with E-state index < -0.39 is 0 Å². The van der Waals surface area contributed by atoms with Crippen LogP contribution in [-0.2, 0) is 0 Å². The molecule has 0 radical (unpaired) electrons. The van der Waals surface area contributed by atoms with E-state index in [0.29, 0.717) is 17.5 Å². The van der Waals surface area contributed by atoms with Crippen LogP contribution in [0.15, 0.2) is 173 Å². The SMILES string of the molecule is c1ccc(-c2cccc(-c3nc(-c4ccc5oc6c(-c7ccccc7)cccc6c5c4)nc(-c4cccc5oc6ccccc6c45)n3)c2)cc1. The van der Waals surface area contributed by atoms with Crippen LogP contribution in [0, 0.1) is 0 Å². The first-order valence-corrected chi connectivity index (χ1v) is 16.6. The van der Waals surface area contributed by atoms with Gasteiger partial charge in [-0.1, -0.05) is 127 Å². The predicted molar refractivity (Wildman–Crippen MR) is 202 cm³/mol. The molecule has 0 N–H and O–H groups in total. The van der Waals surface area contributed by atoms with Crippen molar-refractivity contribution in [1.82, 2.24) is 15.0 Å². The Morgan fingerprint density at radius 1 is 0.320 bits per heavy atom. The molecule has 7 aromatic carbocycles. The standard InChI is InChI=1S/C45H27N3O2/c1-3-12-28(13-4-1)30-16-9-17-31(26-30)43-46-44(48-45(47-43)36-21-11-23-40-41(36)35-18-7-8-22-38(35)49-40)32-24-25-39-37(27-32)34-20-10-19-33(42(34)50-39)29-14-5-2-6-15-29/h1-27H. The molecule has 0 atom stereocenters. The average Bonchev–Trinajstić information content (AvgIpc) is 3.77. The summed E-state index contributed by atoms with van der Waals surface area (Å²) in [6, 6.07) is 55.7. The number of fused-ring (bicyclic) bond motifs is 6. The molecule has 3 aromatic heterocycles. The Labute approximate surface area is 287 Å². The van der Waals surface area contributed by atoms with E-state index in [4.69, 9.17) is 23.8 Å². The average molecular weight is 642 g/mol. The van der Waals surface area contributed by atoms with Crippen LogP contribution in [0.25, 0.3) is 100 Å². The van der Waals surface area contributed by atoms with Gasteiger partial charge in [0.1, 0.15) is 22.3 Å². The number of hydrogen-bond acceptors (Lipinski definition) is 5. The van der Waals surface area contributed by atoms with Gasteiger partial charge in [0.05, 0.1) is 0 Å². The third-order valence-corrected chi connectivity index (χ3v) is 9.35. The lowest BCUT2D eigenvalue weighted by Crippen LogP contribution is -2.00. The lowest BCUT2D eigenvalue weighted by Gasteiger charge is -2.10. The second kappa shape index (κ2) is 11.4. The summed E-state index contributed by atoms with van der Waals surface area (Å²) >= 11 is 0. The van der Waals surface area contributed by atoms with E-state index in [1.807, 2.05) is 66.7 Å². The van der Waals surface area contributed by atoms with Gasteiger partial charge in [-0.15, -0.1) is 0 Å². The molecule has 0 unspecified atom stereocenters. The zero-order valence-corrected chi connectivity index (χ0v) is 26.7. The van der Waals surface area contributed by atoms with Gasteiger partial charge in [0.15, 0.2) is 17.5 Å². The van der Waals surface area contributed by atoms with Crippen LogP contribution in [0.5, 0.6) is 0 Å². The van der Waals surface area contributed by atoms with Crippen LogP contribution in [0.4, 0.5) is 0 Å². The molecule has 234 valence electrons. The quantitative estimate of drug-likeness (QED) is 0.187. The van der Waals surface area contributed by atoms with Crippen LogP contribution >= 0.6 is 0 Å². The number of hydrogen-bond donors (Lipinski definition) is 0. The monoisotopic (exact) mass is 641 g/mol. The summed E-state index contributed by atoms with van der Waals surface area (Å²) in [4.78, 5) is 15.4. The van der Waals surface area contributed by atoms with Crippen LogP contribution in [-0.4, -0.2) is 15.0 Å². The largest absolute Gasteiger partial charge is 0.456 e. The van der Waals surface area contributed by atoms with Crippen molar-refractivity contribution >= 4 is 43.9 Å². The van der Waals surface area contributed by atoms with E-state index in [2.05, 4.69) is 97.1 Å². The number of nitrogens with zero attached hydrogens (tertiary/aromatic N) is 3. The fourth-order valence-electron chi connectivity index (χ4n) is 6.97. The topological polar surface area (TPSA) is 65.0 Å².